The molecule has 0 aromatic carbocycles. The molecule has 0 saturated carbocycles. The van der Waals surface area contributed by atoms with E-state index in [4.69, 9.17) is 5.73 Å². The Hall–Kier alpha value is 0.0600. The van der Waals surface area contributed by atoms with Crippen molar-refractivity contribution in [1.82, 2.24) is 9.80 Å². The van der Waals surface area contributed by atoms with E-state index in [2.05, 4.69) is 58.1 Å². The zero-order valence-corrected chi connectivity index (χ0v) is 15.8. The molecule has 0 aliphatic carbocycles. The molecule has 3 nitrogen and oxygen atoms in total. The van der Waals surface area contributed by atoms with Crippen molar-refractivity contribution in [2.75, 3.05) is 26.7 Å². The standard InChI is InChI=1S/C16H28BrN3S/c1-13(2)20-7-4-5-16(12-18,6-8-20)19(3)10-15-9-14(17)11-21-15/h9,11,13H,4-8,10,12,18H2,1-3H3. The second-order valence-corrected chi connectivity index (χ2v) is 8.41. The number of likely N-dealkylation sites (tertiary alicyclic amines) is 1. The summed E-state index contributed by atoms with van der Waals surface area (Å²) in [4.78, 5) is 6.49. The molecular weight excluding hydrogens is 346 g/mol. The van der Waals surface area contributed by atoms with Crippen molar-refractivity contribution in [2.45, 2.75) is 51.2 Å². The van der Waals surface area contributed by atoms with Gasteiger partial charge in [-0.15, -0.1) is 11.3 Å². The van der Waals surface area contributed by atoms with Crippen LogP contribution >= 0.6 is 27.3 Å². The number of nitrogens with zero attached hydrogens (tertiary/aromatic N) is 2. The Bertz CT molecular complexity index is 448. The fraction of sp³-hybridized carbons (Fsp3) is 0.750. The first-order valence-corrected chi connectivity index (χ1v) is 9.52. The van der Waals surface area contributed by atoms with Crippen molar-refractivity contribution in [1.29, 1.82) is 0 Å². The smallest absolute Gasteiger partial charge is 0.0345 e. The third-order valence-electron chi connectivity index (χ3n) is 4.89. The van der Waals surface area contributed by atoms with Crippen LogP contribution in [0.3, 0.4) is 0 Å². The molecular formula is C16H28BrN3S. The van der Waals surface area contributed by atoms with Gasteiger partial charge in [-0.2, -0.15) is 0 Å². The highest BCUT2D eigenvalue weighted by Crippen LogP contribution is 2.30. The third-order valence-corrected chi connectivity index (χ3v) is 6.57. The van der Waals surface area contributed by atoms with E-state index in [0.29, 0.717) is 6.04 Å². The molecule has 21 heavy (non-hydrogen) atoms. The van der Waals surface area contributed by atoms with Gasteiger partial charge in [-0.05, 0) is 68.7 Å². The van der Waals surface area contributed by atoms with Crippen molar-refractivity contribution in [3.63, 3.8) is 0 Å². The Morgan fingerprint density at radius 1 is 1.43 bits per heavy atom. The first kappa shape index (κ1) is 17.4. The normalized spacial score (nSPS) is 24.7. The van der Waals surface area contributed by atoms with Gasteiger partial charge in [0.05, 0.1) is 0 Å². The molecule has 1 aliphatic heterocycles. The van der Waals surface area contributed by atoms with Gasteiger partial charge in [0.1, 0.15) is 0 Å². The molecule has 0 radical (unpaired) electrons. The fourth-order valence-electron chi connectivity index (χ4n) is 3.30. The highest BCUT2D eigenvalue weighted by Gasteiger charge is 2.35. The molecule has 1 aromatic rings. The van der Waals surface area contributed by atoms with Crippen LogP contribution in [0, 0.1) is 0 Å². The van der Waals surface area contributed by atoms with Crippen LogP contribution in [0.2, 0.25) is 0 Å². The van der Waals surface area contributed by atoms with E-state index in [1.165, 1.54) is 35.2 Å². The van der Waals surface area contributed by atoms with Crippen LogP contribution in [0.15, 0.2) is 15.9 Å². The first-order chi connectivity index (χ1) is 9.97. The Morgan fingerprint density at radius 3 is 2.76 bits per heavy atom. The van der Waals surface area contributed by atoms with Gasteiger partial charge in [-0.3, -0.25) is 4.90 Å². The zero-order valence-electron chi connectivity index (χ0n) is 13.4. The molecule has 0 bridgehead atoms. The summed E-state index contributed by atoms with van der Waals surface area (Å²) in [7, 11) is 2.24. The monoisotopic (exact) mass is 373 g/mol. The van der Waals surface area contributed by atoms with Gasteiger partial charge in [-0.1, -0.05) is 0 Å². The summed E-state index contributed by atoms with van der Waals surface area (Å²) < 4.78 is 1.18. The lowest BCUT2D eigenvalue weighted by Crippen LogP contribution is -2.52. The van der Waals surface area contributed by atoms with E-state index in [1.807, 2.05) is 11.3 Å². The summed E-state index contributed by atoms with van der Waals surface area (Å²) in [6.07, 6.45) is 3.62. The highest BCUT2D eigenvalue weighted by molar-refractivity contribution is 9.10. The SMILES string of the molecule is CC(C)N1CCCC(CN)(N(C)Cc2cc(Br)cs2)CC1. The summed E-state index contributed by atoms with van der Waals surface area (Å²) in [6.45, 7) is 8.70. The molecule has 2 N–H and O–H groups in total. The molecule has 120 valence electrons. The molecule has 2 rings (SSSR count). The van der Waals surface area contributed by atoms with Crippen molar-refractivity contribution in [3.8, 4) is 0 Å². The molecule has 1 saturated heterocycles. The Labute approximate surface area is 141 Å². The van der Waals surface area contributed by atoms with Crippen LogP contribution in [-0.4, -0.2) is 48.1 Å². The van der Waals surface area contributed by atoms with E-state index in [1.54, 1.807) is 0 Å². The predicted molar refractivity (Wildman–Crippen MR) is 95.8 cm³/mol. The van der Waals surface area contributed by atoms with E-state index in [0.717, 1.165) is 19.6 Å². The van der Waals surface area contributed by atoms with Gasteiger partial charge < -0.3 is 10.6 Å². The van der Waals surface area contributed by atoms with Gasteiger partial charge in [0.25, 0.3) is 0 Å². The van der Waals surface area contributed by atoms with Crippen LogP contribution in [-0.2, 0) is 6.54 Å². The number of rotatable bonds is 5. The topological polar surface area (TPSA) is 32.5 Å². The van der Waals surface area contributed by atoms with Crippen LogP contribution in [0.4, 0.5) is 0 Å². The van der Waals surface area contributed by atoms with E-state index >= 15 is 0 Å². The minimum absolute atomic E-state index is 0.153. The largest absolute Gasteiger partial charge is 0.329 e. The van der Waals surface area contributed by atoms with Crippen molar-refractivity contribution in [2.24, 2.45) is 5.73 Å². The molecule has 2 heterocycles. The lowest BCUT2D eigenvalue weighted by Gasteiger charge is -2.41. The number of hydrogen-bond donors (Lipinski definition) is 1. The van der Waals surface area contributed by atoms with Gasteiger partial charge in [0.2, 0.25) is 0 Å². The quantitative estimate of drug-likeness (QED) is 0.856. The molecule has 1 atom stereocenters. The number of halogens is 1. The summed E-state index contributed by atoms with van der Waals surface area (Å²) in [5, 5.41) is 2.16. The Morgan fingerprint density at radius 2 is 2.19 bits per heavy atom. The summed E-state index contributed by atoms with van der Waals surface area (Å²) in [5.41, 5.74) is 6.38. The van der Waals surface area contributed by atoms with Gasteiger partial charge in [-0.25, -0.2) is 0 Å². The minimum Gasteiger partial charge on any atom is -0.329 e. The molecule has 1 aliphatic rings. The number of hydrogen-bond acceptors (Lipinski definition) is 4. The molecule has 5 heteroatoms. The van der Waals surface area contributed by atoms with Crippen molar-refractivity contribution in [3.05, 3.63) is 20.8 Å². The van der Waals surface area contributed by atoms with Gasteiger partial charge in [0.15, 0.2) is 0 Å². The zero-order chi connectivity index (χ0) is 15.5. The summed E-state index contributed by atoms with van der Waals surface area (Å²) >= 11 is 5.37. The van der Waals surface area contributed by atoms with E-state index in [-0.39, 0.29) is 5.54 Å². The Balaban J connectivity index is 2.05. The van der Waals surface area contributed by atoms with Crippen molar-refractivity contribution >= 4 is 27.3 Å². The first-order valence-electron chi connectivity index (χ1n) is 7.85. The van der Waals surface area contributed by atoms with Gasteiger partial charge in [0, 0.05) is 45.9 Å². The maximum atomic E-state index is 6.22. The maximum Gasteiger partial charge on any atom is 0.0345 e. The van der Waals surface area contributed by atoms with Crippen molar-refractivity contribution < 1.29 is 0 Å². The number of nitrogens with two attached hydrogens (primary N) is 1. The van der Waals surface area contributed by atoms with Gasteiger partial charge >= 0.3 is 0 Å². The predicted octanol–water partition coefficient (Wildman–Crippen LogP) is 3.53. The molecule has 1 fully saturated rings. The molecule has 1 unspecified atom stereocenters. The Kier molecular flexibility index (Phi) is 6.26. The molecule has 1 aromatic heterocycles. The van der Waals surface area contributed by atoms with Crippen LogP contribution in [0.5, 0.6) is 0 Å². The second-order valence-electron chi connectivity index (χ2n) is 6.50. The average Bonchev–Trinajstić information content (AvgIpc) is 2.74. The summed E-state index contributed by atoms with van der Waals surface area (Å²) in [6, 6.07) is 2.86. The van der Waals surface area contributed by atoms with Crippen LogP contribution in [0.1, 0.15) is 38.0 Å². The lowest BCUT2D eigenvalue weighted by molar-refractivity contribution is 0.0984. The van der Waals surface area contributed by atoms with E-state index < -0.39 is 0 Å². The molecule has 0 spiro atoms. The highest BCUT2D eigenvalue weighted by atomic mass is 79.9. The lowest BCUT2D eigenvalue weighted by atomic mass is 9.88. The number of thiophene rings is 1. The second kappa shape index (κ2) is 7.55. The summed E-state index contributed by atoms with van der Waals surface area (Å²) in [5.74, 6) is 0. The fourth-order valence-corrected chi connectivity index (χ4v) is 4.80. The van der Waals surface area contributed by atoms with E-state index in [9.17, 15) is 0 Å². The number of likely N-dealkylation sites (N-methyl/N-ethyl adjacent to an activating group) is 1. The average molecular weight is 374 g/mol. The van der Waals surface area contributed by atoms with Crippen LogP contribution in [0.25, 0.3) is 0 Å². The third kappa shape index (κ3) is 4.29. The minimum atomic E-state index is 0.153. The maximum absolute atomic E-state index is 6.22. The van der Waals surface area contributed by atoms with Crippen LogP contribution < -0.4 is 5.73 Å². The molecule has 0 amide bonds.